The van der Waals surface area contributed by atoms with Gasteiger partial charge in [-0.25, -0.2) is 0 Å². The van der Waals surface area contributed by atoms with E-state index < -0.39 is 0 Å². The molecule has 1 saturated heterocycles. The Hall–Kier alpha value is -0.860. The summed E-state index contributed by atoms with van der Waals surface area (Å²) in [7, 11) is 0. The quantitative estimate of drug-likeness (QED) is 0.438. The molecule has 0 spiro atoms. The molecule has 1 aliphatic heterocycles. The van der Waals surface area contributed by atoms with E-state index in [1.54, 1.807) is 0 Å². The second-order valence-electron chi connectivity index (χ2n) is 3.37. The smallest absolute Gasteiger partial charge is 0.317 e. The highest BCUT2D eigenvalue weighted by atomic mass is 16.6. The van der Waals surface area contributed by atoms with E-state index in [-0.39, 0.29) is 17.9 Å². The van der Waals surface area contributed by atoms with Crippen molar-refractivity contribution in [2.45, 2.75) is 25.7 Å². The van der Waals surface area contributed by atoms with Crippen LogP contribution in [-0.2, 0) is 14.3 Å². The number of ether oxygens (including phenoxy) is 1. The maximum atomic E-state index is 10.9. The van der Waals surface area contributed by atoms with E-state index in [9.17, 15) is 9.59 Å². The summed E-state index contributed by atoms with van der Waals surface area (Å²) in [6.45, 7) is 0. The third kappa shape index (κ3) is 1.42. The molecule has 0 bridgehead atoms. The van der Waals surface area contributed by atoms with Crippen molar-refractivity contribution in [2.75, 3.05) is 0 Å². The molecule has 0 aromatic rings. The van der Waals surface area contributed by atoms with Gasteiger partial charge in [-0.15, -0.1) is 0 Å². The highest BCUT2D eigenvalue weighted by molar-refractivity contribution is 5.94. The first kappa shape index (κ1) is 6.83. The first-order chi connectivity index (χ1) is 5.25. The summed E-state index contributed by atoms with van der Waals surface area (Å²) in [4.78, 5) is 21.5. The normalized spacial score (nSPS) is 30.7. The molecular weight excluding hydrogens is 144 g/mol. The van der Waals surface area contributed by atoms with Gasteiger partial charge in [0, 0.05) is 0 Å². The van der Waals surface area contributed by atoms with Gasteiger partial charge < -0.3 is 4.74 Å². The molecule has 2 fully saturated rings. The zero-order valence-corrected chi connectivity index (χ0v) is 6.21. The lowest BCUT2D eigenvalue weighted by atomic mass is 10.0. The molecule has 0 radical (unpaired) electrons. The molecule has 1 aliphatic carbocycles. The van der Waals surface area contributed by atoms with Gasteiger partial charge in [-0.2, -0.15) is 0 Å². The van der Waals surface area contributed by atoms with Crippen LogP contribution in [-0.4, -0.2) is 11.9 Å². The van der Waals surface area contributed by atoms with Gasteiger partial charge in [-0.05, 0) is 12.3 Å². The Morgan fingerprint density at radius 1 is 1.36 bits per heavy atom. The van der Waals surface area contributed by atoms with Crippen LogP contribution in [0.5, 0.6) is 0 Å². The molecule has 0 aromatic heterocycles. The first-order valence-corrected chi connectivity index (χ1v) is 4.00. The van der Waals surface area contributed by atoms with Crippen molar-refractivity contribution >= 4 is 11.9 Å². The third-order valence-electron chi connectivity index (χ3n) is 2.28. The SMILES string of the molecule is O=C1CC(CC2CC2)C(=O)O1. The summed E-state index contributed by atoms with van der Waals surface area (Å²) in [5.41, 5.74) is 0. The van der Waals surface area contributed by atoms with E-state index in [0.29, 0.717) is 12.3 Å². The largest absolute Gasteiger partial charge is 0.393 e. The minimum atomic E-state index is -0.347. The van der Waals surface area contributed by atoms with Gasteiger partial charge in [0.15, 0.2) is 0 Å². The van der Waals surface area contributed by atoms with Gasteiger partial charge in [0.25, 0.3) is 0 Å². The van der Waals surface area contributed by atoms with Crippen LogP contribution in [0.25, 0.3) is 0 Å². The van der Waals surface area contributed by atoms with Crippen LogP contribution in [0.1, 0.15) is 25.7 Å². The fraction of sp³-hybridized carbons (Fsp3) is 0.750. The van der Waals surface area contributed by atoms with E-state index in [1.807, 2.05) is 0 Å². The maximum absolute atomic E-state index is 10.9. The minimum absolute atomic E-state index is 0.116. The van der Waals surface area contributed by atoms with Gasteiger partial charge in [-0.3, -0.25) is 9.59 Å². The topological polar surface area (TPSA) is 43.4 Å². The maximum Gasteiger partial charge on any atom is 0.317 e. The van der Waals surface area contributed by atoms with E-state index in [0.717, 1.165) is 6.42 Å². The summed E-state index contributed by atoms with van der Waals surface area (Å²) in [5, 5.41) is 0. The van der Waals surface area contributed by atoms with Crippen LogP contribution in [0.3, 0.4) is 0 Å². The van der Waals surface area contributed by atoms with Gasteiger partial charge in [0.05, 0.1) is 12.3 Å². The van der Waals surface area contributed by atoms with Crippen molar-refractivity contribution in [1.29, 1.82) is 0 Å². The van der Waals surface area contributed by atoms with Crippen LogP contribution in [0.4, 0.5) is 0 Å². The Labute approximate surface area is 64.7 Å². The second-order valence-corrected chi connectivity index (χ2v) is 3.37. The predicted octanol–water partition coefficient (Wildman–Crippen LogP) is 0.876. The van der Waals surface area contributed by atoms with Crippen molar-refractivity contribution in [3.05, 3.63) is 0 Å². The highest BCUT2D eigenvalue weighted by Gasteiger charge is 2.37. The molecule has 1 atom stereocenters. The van der Waals surface area contributed by atoms with E-state index in [4.69, 9.17) is 0 Å². The van der Waals surface area contributed by atoms with Crippen LogP contribution in [0.15, 0.2) is 0 Å². The molecule has 2 aliphatic rings. The number of hydrogen-bond donors (Lipinski definition) is 0. The Morgan fingerprint density at radius 2 is 2.09 bits per heavy atom. The lowest BCUT2D eigenvalue weighted by Crippen LogP contribution is -2.07. The van der Waals surface area contributed by atoms with Crippen molar-refractivity contribution < 1.29 is 14.3 Å². The number of carbonyl (C=O) groups excluding carboxylic acids is 2. The lowest BCUT2D eigenvalue weighted by molar-refractivity contribution is -0.153. The molecule has 0 N–H and O–H groups in total. The molecule has 0 amide bonds. The Kier molecular flexibility index (Phi) is 1.44. The van der Waals surface area contributed by atoms with Gasteiger partial charge in [0.1, 0.15) is 0 Å². The van der Waals surface area contributed by atoms with Gasteiger partial charge in [0.2, 0.25) is 0 Å². The number of esters is 2. The highest BCUT2D eigenvalue weighted by Crippen LogP contribution is 2.37. The average Bonchev–Trinajstić information content (AvgIpc) is 2.64. The third-order valence-corrected chi connectivity index (χ3v) is 2.28. The standard InChI is InChI=1S/C8H10O3/c9-7-4-6(8(10)11-7)3-5-1-2-5/h5-6H,1-4H2. The average molecular weight is 154 g/mol. The Morgan fingerprint density at radius 3 is 2.55 bits per heavy atom. The fourth-order valence-electron chi connectivity index (χ4n) is 1.46. The van der Waals surface area contributed by atoms with Crippen LogP contribution in [0.2, 0.25) is 0 Å². The predicted molar refractivity (Wildman–Crippen MR) is 36.5 cm³/mol. The van der Waals surface area contributed by atoms with E-state index in [1.165, 1.54) is 12.8 Å². The number of cyclic esters (lactones) is 2. The van der Waals surface area contributed by atoms with Crippen LogP contribution < -0.4 is 0 Å². The number of carbonyl (C=O) groups is 2. The van der Waals surface area contributed by atoms with Crippen molar-refractivity contribution in [2.24, 2.45) is 11.8 Å². The number of rotatable bonds is 2. The van der Waals surface area contributed by atoms with Crippen LogP contribution in [0, 0.1) is 11.8 Å². The van der Waals surface area contributed by atoms with Crippen molar-refractivity contribution in [3.63, 3.8) is 0 Å². The van der Waals surface area contributed by atoms with E-state index >= 15 is 0 Å². The second kappa shape index (κ2) is 2.32. The Bertz CT molecular complexity index is 205. The molecule has 1 heterocycles. The fourth-order valence-corrected chi connectivity index (χ4v) is 1.46. The molecule has 2 rings (SSSR count). The van der Waals surface area contributed by atoms with Crippen molar-refractivity contribution in [3.8, 4) is 0 Å². The first-order valence-electron chi connectivity index (χ1n) is 4.00. The lowest BCUT2D eigenvalue weighted by Gasteiger charge is -1.99. The minimum Gasteiger partial charge on any atom is -0.393 e. The summed E-state index contributed by atoms with van der Waals surface area (Å²) >= 11 is 0. The summed E-state index contributed by atoms with van der Waals surface area (Å²) < 4.78 is 4.42. The molecule has 1 saturated carbocycles. The molecule has 0 aromatic carbocycles. The van der Waals surface area contributed by atoms with Crippen molar-refractivity contribution in [1.82, 2.24) is 0 Å². The van der Waals surface area contributed by atoms with Gasteiger partial charge in [-0.1, -0.05) is 12.8 Å². The monoisotopic (exact) mass is 154 g/mol. The number of hydrogen-bond acceptors (Lipinski definition) is 3. The molecule has 3 nitrogen and oxygen atoms in total. The molecule has 3 heteroatoms. The van der Waals surface area contributed by atoms with Gasteiger partial charge >= 0.3 is 11.9 Å². The molecule has 60 valence electrons. The molecular formula is C8H10O3. The summed E-state index contributed by atoms with van der Waals surface area (Å²) in [5.74, 6) is -0.0731. The summed E-state index contributed by atoms with van der Waals surface area (Å²) in [6, 6.07) is 0. The zero-order chi connectivity index (χ0) is 7.84. The molecule has 11 heavy (non-hydrogen) atoms. The van der Waals surface area contributed by atoms with E-state index in [2.05, 4.69) is 4.74 Å². The summed E-state index contributed by atoms with van der Waals surface area (Å²) in [6.07, 6.45) is 3.62. The molecule has 1 unspecified atom stereocenters. The van der Waals surface area contributed by atoms with Crippen LogP contribution >= 0.6 is 0 Å². The Balaban J connectivity index is 1.91. The zero-order valence-electron chi connectivity index (χ0n) is 6.21.